The molecule has 0 saturated carbocycles. The third-order valence-electron chi connectivity index (χ3n) is 4.31. The van der Waals surface area contributed by atoms with Crippen LogP contribution in [-0.2, 0) is 16.0 Å². The summed E-state index contributed by atoms with van der Waals surface area (Å²) in [5.74, 6) is -2.12. The van der Waals surface area contributed by atoms with E-state index in [0.29, 0.717) is 11.8 Å². The molecule has 5 nitrogen and oxygen atoms in total. The first-order chi connectivity index (χ1) is 13.1. The van der Waals surface area contributed by atoms with Gasteiger partial charge in [0.1, 0.15) is 5.82 Å². The molecule has 1 amide bonds. The molecule has 144 valence electrons. The maximum Gasteiger partial charge on any atom is 0.262 e. The molecular weight excluding hydrogens is 354 g/mol. The van der Waals surface area contributed by atoms with Crippen LogP contribution in [0.1, 0.15) is 5.56 Å². The summed E-state index contributed by atoms with van der Waals surface area (Å²) in [5.41, 5.74) is 1.82. The van der Waals surface area contributed by atoms with E-state index < -0.39 is 17.5 Å². The van der Waals surface area contributed by atoms with Gasteiger partial charge >= 0.3 is 0 Å². The number of benzene rings is 2. The Labute approximate surface area is 156 Å². The van der Waals surface area contributed by atoms with Crippen LogP contribution in [0, 0.1) is 11.6 Å². The Balaban J connectivity index is 1.43. The van der Waals surface area contributed by atoms with E-state index >= 15 is 0 Å². The van der Waals surface area contributed by atoms with Crippen molar-refractivity contribution in [1.29, 1.82) is 0 Å². The number of carbonyl (C=O) groups excluding carboxylic acids is 1. The monoisotopic (exact) mass is 376 g/mol. The Bertz CT molecular complexity index is 762. The van der Waals surface area contributed by atoms with Crippen LogP contribution >= 0.6 is 0 Å². The number of hydrogen-bond acceptors (Lipinski definition) is 4. The van der Waals surface area contributed by atoms with E-state index in [1.54, 1.807) is 0 Å². The lowest BCUT2D eigenvalue weighted by molar-refractivity contribution is -0.118. The molecule has 0 atom stereocenters. The molecule has 27 heavy (non-hydrogen) atoms. The van der Waals surface area contributed by atoms with Crippen LogP contribution in [0.2, 0.25) is 0 Å². The van der Waals surface area contributed by atoms with Gasteiger partial charge in [0.25, 0.3) is 5.91 Å². The van der Waals surface area contributed by atoms with Gasteiger partial charge in [-0.1, -0.05) is 12.1 Å². The molecule has 2 aromatic carbocycles. The number of ether oxygens (including phenoxy) is 2. The smallest absolute Gasteiger partial charge is 0.262 e. The van der Waals surface area contributed by atoms with E-state index in [2.05, 4.69) is 10.2 Å². The number of nitrogens with one attached hydrogen (secondary N) is 1. The maximum atomic E-state index is 13.5. The van der Waals surface area contributed by atoms with Gasteiger partial charge in [-0.15, -0.1) is 0 Å². The first kappa shape index (κ1) is 19.3. The summed E-state index contributed by atoms with van der Waals surface area (Å²) in [5, 5.41) is 2.69. The Hall–Kier alpha value is -2.51. The van der Waals surface area contributed by atoms with E-state index in [9.17, 15) is 13.6 Å². The highest BCUT2D eigenvalue weighted by atomic mass is 19.1. The number of carbonyl (C=O) groups is 1. The summed E-state index contributed by atoms with van der Waals surface area (Å²) in [7, 11) is 0. The molecule has 1 aliphatic heterocycles. The number of rotatable bonds is 7. The fourth-order valence-corrected chi connectivity index (χ4v) is 2.80. The Morgan fingerprint density at radius 1 is 1.11 bits per heavy atom. The minimum absolute atomic E-state index is 0.162. The predicted octanol–water partition coefficient (Wildman–Crippen LogP) is 2.86. The third kappa shape index (κ3) is 6.01. The topological polar surface area (TPSA) is 50.8 Å². The van der Waals surface area contributed by atoms with Gasteiger partial charge in [0.05, 0.1) is 13.2 Å². The molecule has 1 heterocycles. The zero-order chi connectivity index (χ0) is 19.1. The first-order valence-corrected chi connectivity index (χ1v) is 8.87. The van der Waals surface area contributed by atoms with Crippen LogP contribution < -0.4 is 10.1 Å². The second-order valence-electron chi connectivity index (χ2n) is 6.31. The average Bonchev–Trinajstić information content (AvgIpc) is 2.67. The van der Waals surface area contributed by atoms with Crippen molar-refractivity contribution in [3.8, 4) is 5.75 Å². The highest BCUT2D eigenvalue weighted by molar-refractivity contribution is 5.91. The lowest BCUT2D eigenvalue weighted by Gasteiger charge is -2.26. The fraction of sp³-hybridized carbons (Fsp3) is 0.350. The van der Waals surface area contributed by atoms with Crippen LogP contribution in [0.3, 0.4) is 0 Å². The molecule has 0 bridgehead atoms. The summed E-state index contributed by atoms with van der Waals surface area (Å²) in [6.45, 7) is 4.11. The summed E-state index contributed by atoms with van der Waals surface area (Å²) in [6, 6.07) is 10.5. The summed E-state index contributed by atoms with van der Waals surface area (Å²) < 4.78 is 36.7. The van der Waals surface area contributed by atoms with E-state index in [4.69, 9.17) is 9.47 Å². The van der Waals surface area contributed by atoms with Crippen LogP contribution in [0.5, 0.6) is 5.75 Å². The lowest BCUT2D eigenvalue weighted by atomic mass is 10.1. The zero-order valence-electron chi connectivity index (χ0n) is 14.9. The van der Waals surface area contributed by atoms with Crippen molar-refractivity contribution in [1.82, 2.24) is 4.90 Å². The summed E-state index contributed by atoms with van der Waals surface area (Å²) >= 11 is 0. The molecule has 1 aliphatic rings. The van der Waals surface area contributed by atoms with Crippen LogP contribution in [-0.4, -0.2) is 50.3 Å². The third-order valence-corrected chi connectivity index (χ3v) is 4.31. The van der Waals surface area contributed by atoms with E-state index in [1.807, 2.05) is 24.3 Å². The predicted molar refractivity (Wildman–Crippen MR) is 97.9 cm³/mol. The van der Waals surface area contributed by atoms with Crippen molar-refractivity contribution in [2.24, 2.45) is 0 Å². The Morgan fingerprint density at radius 2 is 1.85 bits per heavy atom. The van der Waals surface area contributed by atoms with E-state index in [0.717, 1.165) is 51.4 Å². The van der Waals surface area contributed by atoms with Crippen molar-refractivity contribution in [3.63, 3.8) is 0 Å². The minimum Gasteiger partial charge on any atom is -0.481 e. The highest BCUT2D eigenvalue weighted by Gasteiger charge is 2.11. The van der Waals surface area contributed by atoms with E-state index in [-0.39, 0.29) is 12.4 Å². The molecule has 0 aliphatic carbocycles. The first-order valence-electron chi connectivity index (χ1n) is 8.87. The molecule has 2 aromatic rings. The SMILES string of the molecule is O=C(COc1ccc(F)cc1F)Nc1ccc(CCN2CCOCC2)cc1. The van der Waals surface area contributed by atoms with Gasteiger partial charge in [0, 0.05) is 31.4 Å². The van der Waals surface area contributed by atoms with Crippen LogP contribution in [0.15, 0.2) is 42.5 Å². The second kappa shape index (κ2) is 9.43. The van der Waals surface area contributed by atoms with Gasteiger partial charge in [-0.3, -0.25) is 9.69 Å². The quantitative estimate of drug-likeness (QED) is 0.807. The van der Waals surface area contributed by atoms with Crippen LogP contribution in [0.4, 0.5) is 14.5 Å². The van der Waals surface area contributed by atoms with Crippen molar-refractivity contribution >= 4 is 11.6 Å². The number of morpholine rings is 1. The number of anilines is 1. The largest absolute Gasteiger partial charge is 0.481 e. The van der Waals surface area contributed by atoms with E-state index in [1.165, 1.54) is 5.56 Å². The van der Waals surface area contributed by atoms with Gasteiger partial charge in [0.2, 0.25) is 0 Å². The maximum absolute atomic E-state index is 13.5. The number of hydrogen-bond donors (Lipinski definition) is 1. The molecule has 0 spiro atoms. The van der Waals surface area contributed by atoms with Gasteiger partial charge in [-0.05, 0) is 36.2 Å². The molecule has 0 aromatic heterocycles. The molecule has 1 saturated heterocycles. The normalized spacial score (nSPS) is 14.7. The molecule has 1 N–H and O–H groups in total. The standard InChI is InChI=1S/C20H22F2N2O3/c21-16-3-6-19(18(22)13-16)27-14-20(25)23-17-4-1-15(2-5-17)7-8-24-9-11-26-12-10-24/h1-6,13H,7-12,14H2,(H,23,25). The van der Waals surface area contributed by atoms with Crippen molar-refractivity contribution in [2.45, 2.75) is 6.42 Å². The van der Waals surface area contributed by atoms with Gasteiger partial charge in [-0.2, -0.15) is 0 Å². The van der Waals surface area contributed by atoms with Crippen molar-refractivity contribution in [3.05, 3.63) is 59.7 Å². The van der Waals surface area contributed by atoms with Gasteiger partial charge < -0.3 is 14.8 Å². The Kier molecular flexibility index (Phi) is 6.73. The van der Waals surface area contributed by atoms with Crippen LogP contribution in [0.25, 0.3) is 0 Å². The minimum atomic E-state index is -0.840. The summed E-state index contributed by atoms with van der Waals surface area (Å²) in [6.07, 6.45) is 0.932. The lowest BCUT2D eigenvalue weighted by Crippen LogP contribution is -2.37. The fourth-order valence-electron chi connectivity index (χ4n) is 2.80. The second-order valence-corrected chi connectivity index (χ2v) is 6.31. The van der Waals surface area contributed by atoms with Gasteiger partial charge in [-0.25, -0.2) is 8.78 Å². The molecule has 7 heteroatoms. The molecule has 1 fully saturated rings. The molecule has 0 unspecified atom stereocenters. The van der Waals surface area contributed by atoms with Crippen molar-refractivity contribution < 1.29 is 23.0 Å². The Morgan fingerprint density at radius 3 is 2.56 bits per heavy atom. The molecular formula is C20H22F2N2O3. The average molecular weight is 376 g/mol. The molecule has 3 rings (SSSR count). The number of halogens is 2. The zero-order valence-corrected chi connectivity index (χ0v) is 14.9. The number of nitrogens with zero attached hydrogens (tertiary/aromatic N) is 1. The van der Waals surface area contributed by atoms with Crippen molar-refractivity contribution in [2.75, 3.05) is 44.8 Å². The van der Waals surface area contributed by atoms with Gasteiger partial charge in [0.15, 0.2) is 18.2 Å². The number of amides is 1. The molecule has 0 radical (unpaired) electrons. The highest BCUT2D eigenvalue weighted by Crippen LogP contribution is 2.17. The summed E-state index contributed by atoms with van der Waals surface area (Å²) in [4.78, 5) is 14.3.